The highest BCUT2D eigenvalue weighted by atomic mass is 16.5. The molecule has 0 aromatic carbocycles. The van der Waals surface area contributed by atoms with Crippen molar-refractivity contribution < 1.29 is 19.1 Å². The molecule has 0 atom stereocenters. The molecule has 186 valence electrons. The summed E-state index contributed by atoms with van der Waals surface area (Å²) in [7, 11) is 0. The predicted molar refractivity (Wildman–Crippen MR) is 130 cm³/mol. The van der Waals surface area contributed by atoms with Gasteiger partial charge in [0.2, 0.25) is 0 Å². The Morgan fingerprint density at radius 1 is 0.688 bits per heavy atom. The fourth-order valence-electron chi connectivity index (χ4n) is 4.21. The number of nitrogens with zero attached hydrogens (tertiary/aromatic N) is 2. The van der Waals surface area contributed by atoms with Crippen molar-refractivity contribution in [2.75, 3.05) is 39.5 Å². The highest BCUT2D eigenvalue weighted by molar-refractivity contribution is 6.00. The van der Waals surface area contributed by atoms with Gasteiger partial charge in [-0.3, -0.25) is 4.90 Å². The number of hydrogen-bond acceptors (Lipinski definition) is 6. The van der Waals surface area contributed by atoms with Crippen molar-refractivity contribution in [3.63, 3.8) is 0 Å². The minimum Gasteiger partial charge on any atom is -0.463 e. The number of carbonyl (C=O) groups excluding carboxylic acids is 2. The van der Waals surface area contributed by atoms with Crippen LogP contribution < -0.4 is 0 Å². The molecule has 0 aromatic heterocycles. The third-order valence-corrected chi connectivity index (χ3v) is 5.95. The van der Waals surface area contributed by atoms with Crippen LogP contribution in [-0.4, -0.2) is 61.3 Å². The Bertz CT molecular complexity index is 562. The molecule has 0 spiro atoms. The summed E-state index contributed by atoms with van der Waals surface area (Å²) in [5.74, 6) is -0.795. The Morgan fingerprint density at radius 2 is 1.19 bits per heavy atom. The number of carbonyl (C=O) groups is 2. The van der Waals surface area contributed by atoms with Gasteiger partial charge < -0.3 is 14.4 Å². The zero-order valence-corrected chi connectivity index (χ0v) is 21.3. The zero-order chi connectivity index (χ0) is 23.6. The molecule has 0 bridgehead atoms. The van der Waals surface area contributed by atoms with E-state index in [0.717, 1.165) is 32.4 Å². The number of esters is 2. The minimum atomic E-state index is -0.402. The standard InChI is InChI=1S/C26H48N2O4/c1-5-9-11-13-15-17-19-27-21-23(25(29)31-7-3)24(26(30)32-8-4)28(22-27)20-18-16-14-12-10-6-2/h5-22H2,1-4H3. The van der Waals surface area contributed by atoms with Crippen molar-refractivity contribution in [3.8, 4) is 0 Å². The third kappa shape index (κ3) is 10.8. The maximum atomic E-state index is 12.8. The van der Waals surface area contributed by atoms with Crippen LogP contribution in [0.15, 0.2) is 11.3 Å². The van der Waals surface area contributed by atoms with Gasteiger partial charge in [0, 0.05) is 19.6 Å². The second kappa shape index (κ2) is 17.9. The predicted octanol–water partition coefficient (Wildman–Crippen LogP) is 5.66. The summed E-state index contributed by atoms with van der Waals surface area (Å²) in [4.78, 5) is 29.9. The van der Waals surface area contributed by atoms with Crippen LogP contribution in [0.2, 0.25) is 0 Å². The number of unbranched alkanes of at least 4 members (excludes halogenated alkanes) is 10. The van der Waals surface area contributed by atoms with Crippen LogP contribution in [0, 0.1) is 0 Å². The largest absolute Gasteiger partial charge is 0.463 e. The van der Waals surface area contributed by atoms with Gasteiger partial charge in [0.15, 0.2) is 0 Å². The molecule has 0 fully saturated rings. The summed E-state index contributed by atoms with van der Waals surface area (Å²) in [5, 5.41) is 0. The number of rotatable bonds is 18. The van der Waals surface area contributed by atoms with Gasteiger partial charge in [0.05, 0.1) is 25.5 Å². The molecule has 1 aliphatic heterocycles. The molecule has 0 unspecified atom stereocenters. The van der Waals surface area contributed by atoms with Crippen LogP contribution in [0.1, 0.15) is 105 Å². The van der Waals surface area contributed by atoms with Gasteiger partial charge in [-0.25, -0.2) is 9.59 Å². The summed E-state index contributed by atoms with van der Waals surface area (Å²) in [5.41, 5.74) is 0.867. The third-order valence-electron chi connectivity index (χ3n) is 5.95. The van der Waals surface area contributed by atoms with Crippen LogP contribution >= 0.6 is 0 Å². The Labute approximate surface area is 196 Å². The lowest BCUT2D eigenvalue weighted by atomic mass is 10.1. The molecule has 0 radical (unpaired) electrons. The average molecular weight is 453 g/mol. The van der Waals surface area contributed by atoms with E-state index in [1.54, 1.807) is 13.8 Å². The molecule has 1 rings (SSSR count). The van der Waals surface area contributed by atoms with Gasteiger partial charge in [0.25, 0.3) is 0 Å². The van der Waals surface area contributed by atoms with Gasteiger partial charge in [-0.2, -0.15) is 0 Å². The van der Waals surface area contributed by atoms with Gasteiger partial charge in [-0.05, 0) is 26.7 Å². The molecule has 1 aliphatic rings. The van der Waals surface area contributed by atoms with E-state index < -0.39 is 11.9 Å². The fraction of sp³-hybridized carbons (Fsp3) is 0.846. The van der Waals surface area contributed by atoms with Crippen molar-refractivity contribution in [3.05, 3.63) is 11.3 Å². The summed E-state index contributed by atoms with van der Waals surface area (Å²) >= 11 is 0. The van der Waals surface area contributed by atoms with Crippen molar-refractivity contribution in [1.82, 2.24) is 9.80 Å². The van der Waals surface area contributed by atoms with E-state index in [-0.39, 0.29) is 0 Å². The molecule has 1 heterocycles. The summed E-state index contributed by atoms with van der Waals surface area (Å²) in [6.07, 6.45) is 14.6. The topological polar surface area (TPSA) is 59.1 Å². The lowest BCUT2D eigenvalue weighted by Gasteiger charge is -2.38. The maximum Gasteiger partial charge on any atom is 0.355 e. The number of ether oxygens (including phenoxy) is 2. The Hall–Kier alpha value is -1.56. The lowest BCUT2D eigenvalue weighted by molar-refractivity contribution is -0.144. The van der Waals surface area contributed by atoms with E-state index in [0.29, 0.717) is 37.7 Å². The highest BCUT2D eigenvalue weighted by Crippen LogP contribution is 2.23. The molecule has 6 nitrogen and oxygen atoms in total. The molecular formula is C26H48N2O4. The average Bonchev–Trinajstić information content (AvgIpc) is 2.78. The molecule has 0 N–H and O–H groups in total. The fourth-order valence-corrected chi connectivity index (χ4v) is 4.21. The van der Waals surface area contributed by atoms with Crippen LogP contribution in [0.25, 0.3) is 0 Å². The van der Waals surface area contributed by atoms with Crippen LogP contribution in [0.4, 0.5) is 0 Å². The van der Waals surface area contributed by atoms with Gasteiger partial charge >= 0.3 is 11.9 Å². The molecule has 0 aliphatic carbocycles. The first-order valence-corrected chi connectivity index (χ1v) is 13.1. The normalized spacial score (nSPS) is 14.7. The lowest BCUT2D eigenvalue weighted by Crippen LogP contribution is -2.48. The molecule has 6 heteroatoms. The summed E-state index contributed by atoms with van der Waals surface area (Å²) in [6, 6.07) is 0. The zero-order valence-electron chi connectivity index (χ0n) is 21.3. The monoisotopic (exact) mass is 452 g/mol. The first kappa shape index (κ1) is 28.5. The molecular weight excluding hydrogens is 404 g/mol. The summed E-state index contributed by atoms with van der Waals surface area (Å²) < 4.78 is 10.7. The van der Waals surface area contributed by atoms with E-state index in [1.165, 1.54) is 57.8 Å². The van der Waals surface area contributed by atoms with E-state index in [9.17, 15) is 9.59 Å². The van der Waals surface area contributed by atoms with E-state index >= 15 is 0 Å². The van der Waals surface area contributed by atoms with Crippen molar-refractivity contribution in [1.29, 1.82) is 0 Å². The maximum absolute atomic E-state index is 12.8. The second-order valence-electron chi connectivity index (χ2n) is 8.76. The van der Waals surface area contributed by atoms with Gasteiger partial charge in [0.1, 0.15) is 5.70 Å². The van der Waals surface area contributed by atoms with E-state index in [4.69, 9.17) is 9.47 Å². The molecule has 0 saturated carbocycles. The first-order chi connectivity index (χ1) is 15.6. The molecule has 32 heavy (non-hydrogen) atoms. The minimum absolute atomic E-state index is 0.296. The Kier molecular flexibility index (Phi) is 16.0. The van der Waals surface area contributed by atoms with E-state index in [2.05, 4.69) is 23.6 Å². The molecule has 0 amide bonds. The highest BCUT2D eigenvalue weighted by Gasteiger charge is 2.34. The van der Waals surface area contributed by atoms with Crippen molar-refractivity contribution >= 4 is 11.9 Å². The first-order valence-electron chi connectivity index (χ1n) is 13.1. The molecule has 0 aromatic rings. The number of hydrogen-bond donors (Lipinski definition) is 0. The van der Waals surface area contributed by atoms with E-state index in [1.807, 2.05) is 0 Å². The van der Waals surface area contributed by atoms with Crippen LogP contribution in [-0.2, 0) is 19.1 Å². The van der Waals surface area contributed by atoms with Gasteiger partial charge in [-0.1, -0.05) is 78.1 Å². The second-order valence-corrected chi connectivity index (χ2v) is 8.76. The SMILES string of the molecule is CCCCCCCCN1CC(C(=O)OCC)=C(C(=O)OCC)N(CCCCCCCC)C1. The quantitative estimate of drug-likeness (QED) is 0.197. The Balaban J connectivity index is 2.87. The van der Waals surface area contributed by atoms with Crippen LogP contribution in [0.3, 0.4) is 0 Å². The Morgan fingerprint density at radius 3 is 1.75 bits per heavy atom. The van der Waals surface area contributed by atoms with Crippen molar-refractivity contribution in [2.45, 2.75) is 105 Å². The summed E-state index contributed by atoms with van der Waals surface area (Å²) in [6.45, 7) is 11.5. The molecule has 0 saturated heterocycles. The van der Waals surface area contributed by atoms with Gasteiger partial charge in [-0.15, -0.1) is 0 Å². The van der Waals surface area contributed by atoms with Crippen LogP contribution in [0.5, 0.6) is 0 Å². The smallest absolute Gasteiger partial charge is 0.355 e. The van der Waals surface area contributed by atoms with Crippen molar-refractivity contribution in [2.24, 2.45) is 0 Å².